The van der Waals surface area contributed by atoms with Gasteiger partial charge in [-0.2, -0.15) is 0 Å². The third-order valence-corrected chi connectivity index (χ3v) is 4.01. The van der Waals surface area contributed by atoms with E-state index < -0.39 is 5.79 Å². The van der Waals surface area contributed by atoms with E-state index >= 15 is 0 Å². The molecule has 3 aliphatic rings. The number of ether oxygens (including phenoxy) is 2. The molecular weight excluding hydrogens is 192 g/mol. The zero-order chi connectivity index (χ0) is 10.5. The summed E-state index contributed by atoms with van der Waals surface area (Å²) < 4.78 is 12.0. The molecule has 0 amide bonds. The minimum Gasteiger partial charge on any atom is -0.343 e. The Bertz CT molecular complexity index is 281. The van der Waals surface area contributed by atoms with Crippen molar-refractivity contribution in [2.75, 3.05) is 0 Å². The summed E-state index contributed by atoms with van der Waals surface area (Å²) in [5.41, 5.74) is 0. The second-order valence-electron chi connectivity index (χ2n) is 5.24. The maximum atomic E-state index is 11.7. The van der Waals surface area contributed by atoms with Crippen LogP contribution in [0.15, 0.2) is 0 Å². The van der Waals surface area contributed by atoms with Crippen LogP contribution in [-0.2, 0) is 14.3 Å². The Hall–Kier alpha value is -0.410. The summed E-state index contributed by atoms with van der Waals surface area (Å²) >= 11 is 0. The van der Waals surface area contributed by atoms with Crippen molar-refractivity contribution in [2.24, 2.45) is 5.92 Å². The second kappa shape index (κ2) is 3.29. The van der Waals surface area contributed by atoms with Gasteiger partial charge in [0.25, 0.3) is 0 Å². The zero-order valence-corrected chi connectivity index (χ0v) is 9.20. The first-order valence-corrected chi connectivity index (χ1v) is 6.09. The van der Waals surface area contributed by atoms with Gasteiger partial charge in [0, 0.05) is 19.3 Å². The number of hydrogen-bond donors (Lipinski definition) is 0. The fourth-order valence-corrected chi connectivity index (χ4v) is 3.18. The molecule has 1 aliphatic heterocycles. The lowest BCUT2D eigenvalue weighted by Crippen LogP contribution is -2.35. The molecule has 3 heteroatoms. The van der Waals surface area contributed by atoms with Crippen LogP contribution in [0.4, 0.5) is 0 Å². The Morgan fingerprint density at radius 2 is 1.93 bits per heavy atom. The van der Waals surface area contributed by atoms with Gasteiger partial charge < -0.3 is 9.47 Å². The molecule has 2 saturated carbocycles. The molecule has 0 aromatic heterocycles. The molecule has 3 atom stereocenters. The van der Waals surface area contributed by atoms with Crippen molar-refractivity contribution < 1.29 is 14.3 Å². The molecule has 0 radical (unpaired) electrons. The van der Waals surface area contributed by atoms with Crippen molar-refractivity contribution in [1.82, 2.24) is 0 Å². The normalized spacial score (nSPS) is 43.5. The summed E-state index contributed by atoms with van der Waals surface area (Å²) in [7, 11) is 0. The van der Waals surface area contributed by atoms with Crippen molar-refractivity contribution in [1.29, 1.82) is 0 Å². The highest BCUT2D eigenvalue weighted by Gasteiger charge is 2.55. The minimum absolute atomic E-state index is 0.0376. The average Bonchev–Trinajstić information content (AvgIpc) is 2.69. The Morgan fingerprint density at radius 3 is 2.60 bits per heavy atom. The van der Waals surface area contributed by atoms with E-state index in [0.29, 0.717) is 12.3 Å². The van der Waals surface area contributed by atoms with Crippen LogP contribution in [0.2, 0.25) is 0 Å². The van der Waals surface area contributed by atoms with Crippen molar-refractivity contribution in [3.8, 4) is 0 Å². The van der Waals surface area contributed by atoms with E-state index in [1.165, 1.54) is 19.3 Å². The van der Waals surface area contributed by atoms with E-state index in [1.54, 1.807) is 0 Å². The molecule has 1 spiro atoms. The summed E-state index contributed by atoms with van der Waals surface area (Å²) in [5, 5.41) is 0. The Kier molecular flexibility index (Phi) is 2.15. The van der Waals surface area contributed by atoms with E-state index in [-0.39, 0.29) is 18.0 Å². The highest BCUT2D eigenvalue weighted by Crippen LogP contribution is 2.45. The van der Waals surface area contributed by atoms with Gasteiger partial charge in [-0.25, -0.2) is 0 Å². The fraction of sp³-hybridized carbons (Fsp3) is 0.917. The monoisotopic (exact) mass is 210 g/mol. The van der Waals surface area contributed by atoms with Crippen LogP contribution in [0.25, 0.3) is 0 Å². The molecule has 3 rings (SSSR count). The van der Waals surface area contributed by atoms with Crippen LogP contribution in [0.3, 0.4) is 0 Å². The molecule has 1 saturated heterocycles. The number of ketones is 1. The zero-order valence-electron chi connectivity index (χ0n) is 9.20. The van der Waals surface area contributed by atoms with Crippen LogP contribution >= 0.6 is 0 Å². The lowest BCUT2D eigenvalue weighted by Gasteiger charge is -2.32. The third-order valence-electron chi connectivity index (χ3n) is 4.01. The molecular formula is C12H18O3. The molecule has 2 aliphatic carbocycles. The highest BCUT2D eigenvalue weighted by atomic mass is 16.8. The van der Waals surface area contributed by atoms with Gasteiger partial charge in [0.05, 0.1) is 6.10 Å². The molecule has 0 N–H and O–H groups in total. The van der Waals surface area contributed by atoms with Gasteiger partial charge >= 0.3 is 0 Å². The summed E-state index contributed by atoms with van der Waals surface area (Å²) in [6, 6.07) is 0. The number of fused-ring (bicyclic) bond motifs is 1. The van der Waals surface area contributed by atoms with Gasteiger partial charge in [0.2, 0.25) is 0 Å². The Labute approximate surface area is 90.1 Å². The van der Waals surface area contributed by atoms with Gasteiger partial charge in [0.15, 0.2) is 11.6 Å². The molecule has 15 heavy (non-hydrogen) atoms. The summed E-state index contributed by atoms with van der Waals surface area (Å²) in [6.07, 6.45) is 5.97. The van der Waals surface area contributed by atoms with Gasteiger partial charge in [-0.15, -0.1) is 0 Å². The molecule has 0 aromatic carbocycles. The number of carbonyl (C=O) groups is 1. The molecule has 1 heterocycles. The predicted molar refractivity (Wildman–Crippen MR) is 54.4 cm³/mol. The summed E-state index contributed by atoms with van der Waals surface area (Å²) in [4.78, 5) is 11.7. The maximum Gasteiger partial charge on any atom is 0.169 e. The largest absolute Gasteiger partial charge is 0.343 e. The molecule has 0 aromatic rings. The standard InChI is InChI=1S/C12H18O3/c1-8-7-9(13)11-10(8)14-12(15-11)5-3-2-4-6-12/h8,10-11H,2-7H2,1H3. The number of rotatable bonds is 0. The van der Waals surface area contributed by atoms with Crippen molar-refractivity contribution in [3.05, 3.63) is 0 Å². The molecule has 3 nitrogen and oxygen atoms in total. The van der Waals surface area contributed by atoms with Crippen molar-refractivity contribution in [2.45, 2.75) is 63.4 Å². The van der Waals surface area contributed by atoms with Gasteiger partial charge in [-0.1, -0.05) is 13.3 Å². The first kappa shape index (κ1) is 9.79. The minimum atomic E-state index is -0.391. The lowest BCUT2D eigenvalue weighted by molar-refractivity contribution is -0.201. The van der Waals surface area contributed by atoms with Gasteiger partial charge in [-0.05, 0) is 18.8 Å². The van der Waals surface area contributed by atoms with E-state index in [9.17, 15) is 4.79 Å². The van der Waals surface area contributed by atoms with Crippen molar-refractivity contribution in [3.63, 3.8) is 0 Å². The van der Waals surface area contributed by atoms with Crippen LogP contribution in [0.5, 0.6) is 0 Å². The van der Waals surface area contributed by atoms with E-state index in [4.69, 9.17) is 9.47 Å². The molecule has 3 fully saturated rings. The number of Topliss-reactive ketones (excluding diaryl/α,β-unsaturated/α-hetero) is 1. The third kappa shape index (κ3) is 1.44. The van der Waals surface area contributed by atoms with Crippen LogP contribution < -0.4 is 0 Å². The lowest BCUT2D eigenvalue weighted by atomic mass is 9.94. The number of carbonyl (C=O) groups excluding carboxylic acids is 1. The number of hydrogen-bond acceptors (Lipinski definition) is 3. The topological polar surface area (TPSA) is 35.5 Å². The molecule has 0 bridgehead atoms. The Balaban J connectivity index is 1.79. The highest BCUT2D eigenvalue weighted by molar-refractivity contribution is 5.86. The van der Waals surface area contributed by atoms with Crippen molar-refractivity contribution >= 4 is 5.78 Å². The Morgan fingerprint density at radius 1 is 1.20 bits per heavy atom. The SMILES string of the molecule is CC1CC(=O)C2OC3(CCCCC3)OC12. The quantitative estimate of drug-likeness (QED) is 0.613. The van der Waals surface area contributed by atoms with Gasteiger partial charge in [-0.3, -0.25) is 4.79 Å². The first-order chi connectivity index (χ1) is 7.20. The summed E-state index contributed by atoms with van der Waals surface area (Å²) in [5.74, 6) is 0.191. The predicted octanol–water partition coefficient (Wildman–Crippen LogP) is 2.04. The van der Waals surface area contributed by atoms with E-state index in [0.717, 1.165) is 12.8 Å². The van der Waals surface area contributed by atoms with Crippen LogP contribution in [-0.4, -0.2) is 23.8 Å². The first-order valence-electron chi connectivity index (χ1n) is 6.09. The summed E-state index contributed by atoms with van der Waals surface area (Å²) in [6.45, 7) is 2.09. The van der Waals surface area contributed by atoms with Crippen LogP contribution in [0, 0.1) is 5.92 Å². The van der Waals surface area contributed by atoms with Gasteiger partial charge in [0.1, 0.15) is 6.10 Å². The maximum absolute atomic E-state index is 11.7. The smallest absolute Gasteiger partial charge is 0.169 e. The molecule has 84 valence electrons. The molecule has 3 unspecified atom stereocenters. The van der Waals surface area contributed by atoms with Crippen LogP contribution in [0.1, 0.15) is 45.4 Å². The van der Waals surface area contributed by atoms with E-state index in [2.05, 4.69) is 6.92 Å². The second-order valence-corrected chi connectivity index (χ2v) is 5.24. The average molecular weight is 210 g/mol. The fourth-order valence-electron chi connectivity index (χ4n) is 3.18. The van der Waals surface area contributed by atoms with E-state index in [1.807, 2.05) is 0 Å².